The maximum atomic E-state index is 12.6. The highest BCUT2D eigenvalue weighted by Gasteiger charge is 2.53. The van der Waals surface area contributed by atoms with Crippen molar-refractivity contribution < 1.29 is 14.3 Å². The summed E-state index contributed by atoms with van der Waals surface area (Å²) in [6.07, 6.45) is 5.86. The van der Waals surface area contributed by atoms with Gasteiger partial charge in [0.05, 0.1) is 11.5 Å². The van der Waals surface area contributed by atoms with Gasteiger partial charge in [-0.1, -0.05) is 12.1 Å². The van der Waals surface area contributed by atoms with Crippen molar-refractivity contribution in [1.29, 1.82) is 0 Å². The molecule has 21 heavy (non-hydrogen) atoms. The third-order valence-electron chi connectivity index (χ3n) is 4.79. The molecule has 114 valence electrons. The summed E-state index contributed by atoms with van der Waals surface area (Å²) in [6.45, 7) is 0. The number of ether oxygens (including phenoxy) is 2. The maximum Gasteiger partial charge on any atom is 0.316 e. The van der Waals surface area contributed by atoms with Gasteiger partial charge < -0.3 is 15.2 Å². The van der Waals surface area contributed by atoms with Crippen molar-refractivity contribution in [1.82, 2.24) is 0 Å². The van der Waals surface area contributed by atoms with E-state index in [0.717, 1.165) is 49.8 Å². The smallest absolute Gasteiger partial charge is 0.316 e. The van der Waals surface area contributed by atoms with Crippen molar-refractivity contribution in [3.63, 3.8) is 0 Å². The van der Waals surface area contributed by atoms with Crippen molar-refractivity contribution in [2.45, 2.75) is 56.1 Å². The number of carbonyl (C=O) groups is 1. The monoisotopic (exact) mass is 289 g/mol. The van der Waals surface area contributed by atoms with Crippen LogP contribution in [0.5, 0.6) is 0 Å². The first-order chi connectivity index (χ1) is 10.1. The molecule has 2 unspecified atom stereocenters. The second kappa shape index (κ2) is 5.68. The summed E-state index contributed by atoms with van der Waals surface area (Å²) < 4.78 is 11.2. The van der Waals surface area contributed by atoms with Crippen molar-refractivity contribution in [3.05, 3.63) is 29.8 Å². The Morgan fingerprint density at radius 2 is 1.86 bits per heavy atom. The zero-order valence-corrected chi connectivity index (χ0v) is 12.5. The van der Waals surface area contributed by atoms with Crippen LogP contribution in [0, 0.1) is 0 Å². The molecular weight excluding hydrogens is 266 g/mol. The molecule has 0 radical (unpaired) electrons. The molecule has 1 aromatic carbocycles. The van der Waals surface area contributed by atoms with E-state index in [0.29, 0.717) is 0 Å². The predicted octanol–water partition coefficient (Wildman–Crippen LogP) is 2.80. The van der Waals surface area contributed by atoms with Crippen LogP contribution in [0.15, 0.2) is 24.3 Å². The number of benzene rings is 1. The van der Waals surface area contributed by atoms with Crippen LogP contribution in [0.25, 0.3) is 0 Å². The molecule has 0 saturated heterocycles. The molecule has 4 nitrogen and oxygen atoms in total. The van der Waals surface area contributed by atoms with Crippen LogP contribution in [-0.4, -0.2) is 25.3 Å². The standard InChI is InChI=1S/C17H23NO3/c1-20-14-3-2-4-15(11-14)21-16(19)17(9-10-17)12-5-7-13(18)8-6-12/h5-8,14-15H,2-4,9-11,18H2,1H3. The lowest BCUT2D eigenvalue weighted by atomic mass is 9.93. The number of anilines is 1. The first kappa shape index (κ1) is 14.4. The van der Waals surface area contributed by atoms with E-state index in [1.807, 2.05) is 24.3 Å². The fourth-order valence-corrected chi connectivity index (χ4v) is 3.23. The first-order valence-corrected chi connectivity index (χ1v) is 7.74. The minimum atomic E-state index is -0.423. The summed E-state index contributed by atoms with van der Waals surface area (Å²) in [5.74, 6) is -0.0750. The van der Waals surface area contributed by atoms with E-state index in [1.54, 1.807) is 7.11 Å². The Morgan fingerprint density at radius 1 is 1.19 bits per heavy atom. The van der Waals surface area contributed by atoms with E-state index in [-0.39, 0.29) is 18.2 Å². The number of hydrogen-bond donors (Lipinski definition) is 1. The number of esters is 1. The van der Waals surface area contributed by atoms with Crippen LogP contribution >= 0.6 is 0 Å². The summed E-state index contributed by atoms with van der Waals surface area (Å²) in [7, 11) is 1.73. The number of hydrogen-bond acceptors (Lipinski definition) is 4. The van der Waals surface area contributed by atoms with E-state index in [4.69, 9.17) is 15.2 Å². The highest BCUT2D eigenvalue weighted by atomic mass is 16.5. The van der Waals surface area contributed by atoms with Crippen molar-refractivity contribution in [2.24, 2.45) is 0 Å². The van der Waals surface area contributed by atoms with E-state index in [2.05, 4.69) is 0 Å². The van der Waals surface area contributed by atoms with Crippen LogP contribution in [0.3, 0.4) is 0 Å². The zero-order valence-electron chi connectivity index (χ0n) is 12.5. The molecule has 2 atom stereocenters. The molecule has 2 fully saturated rings. The SMILES string of the molecule is COC1CCCC(OC(=O)C2(c3ccc(N)cc3)CC2)C1. The Bertz CT molecular complexity index is 507. The summed E-state index contributed by atoms with van der Waals surface area (Å²) in [6, 6.07) is 7.60. The Hall–Kier alpha value is -1.55. The van der Waals surface area contributed by atoms with Gasteiger partial charge in [0.25, 0.3) is 0 Å². The van der Waals surface area contributed by atoms with Gasteiger partial charge in [0.15, 0.2) is 0 Å². The lowest BCUT2D eigenvalue weighted by molar-refractivity contribution is -0.155. The Balaban J connectivity index is 1.66. The second-order valence-corrected chi connectivity index (χ2v) is 6.26. The first-order valence-electron chi connectivity index (χ1n) is 7.74. The fraction of sp³-hybridized carbons (Fsp3) is 0.588. The largest absolute Gasteiger partial charge is 0.462 e. The molecule has 0 bridgehead atoms. The number of carbonyl (C=O) groups excluding carboxylic acids is 1. The van der Waals surface area contributed by atoms with Gasteiger partial charge in [0.2, 0.25) is 0 Å². The van der Waals surface area contributed by atoms with Gasteiger partial charge in [0.1, 0.15) is 6.10 Å². The third-order valence-corrected chi connectivity index (χ3v) is 4.79. The molecule has 0 aromatic heterocycles. The molecule has 1 aromatic rings. The Morgan fingerprint density at radius 3 is 2.48 bits per heavy atom. The summed E-state index contributed by atoms with van der Waals surface area (Å²) in [5.41, 5.74) is 7.04. The normalized spacial score (nSPS) is 27.1. The van der Waals surface area contributed by atoms with E-state index in [9.17, 15) is 4.79 Å². The van der Waals surface area contributed by atoms with Crippen LogP contribution in [0.1, 0.15) is 44.1 Å². The number of rotatable bonds is 4. The highest BCUT2D eigenvalue weighted by molar-refractivity contribution is 5.86. The molecule has 2 aliphatic rings. The number of nitrogen functional groups attached to an aromatic ring is 1. The minimum Gasteiger partial charge on any atom is -0.462 e. The van der Waals surface area contributed by atoms with Gasteiger partial charge in [-0.15, -0.1) is 0 Å². The van der Waals surface area contributed by atoms with Crippen LogP contribution < -0.4 is 5.73 Å². The molecule has 3 rings (SSSR count). The summed E-state index contributed by atoms with van der Waals surface area (Å²) >= 11 is 0. The average Bonchev–Trinajstić information content (AvgIpc) is 3.30. The second-order valence-electron chi connectivity index (χ2n) is 6.26. The Kier molecular flexibility index (Phi) is 3.89. The van der Waals surface area contributed by atoms with Crippen molar-refractivity contribution >= 4 is 11.7 Å². The average molecular weight is 289 g/mol. The van der Waals surface area contributed by atoms with E-state index < -0.39 is 5.41 Å². The number of nitrogens with two attached hydrogens (primary N) is 1. The van der Waals surface area contributed by atoms with Gasteiger partial charge in [-0.05, 0) is 49.8 Å². The minimum absolute atomic E-state index is 0.00227. The topological polar surface area (TPSA) is 61.5 Å². The lowest BCUT2D eigenvalue weighted by Gasteiger charge is -2.29. The molecule has 0 heterocycles. The van der Waals surface area contributed by atoms with E-state index >= 15 is 0 Å². The fourth-order valence-electron chi connectivity index (χ4n) is 3.23. The third kappa shape index (κ3) is 2.91. The molecule has 2 saturated carbocycles. The highest BCUT2D eigenvalue weighted by Crippen LogP contribution is 2.49. The zero-order chi connectivity index (χ0) is 14.9. The Labute approximate surface area is 125 Å². The van der Waals surface area contributed by atoms with Gasteiger partial charge in [-0.3, -0.25) is 4.79 Å². The molecule has 0 amide bonds. The van der Waals surface area contributed by atoms with Gasteiger partial charge in [-0.25, -0.2) is 0 Å². The summed E-state index contributed by atoms with van der Waals surface area (Å²) in [5, 5.41) is 0. The molecule has 4 heteroatoms. The predicted molar refractivity (Wildman–Crippen MR) is 80.9 cm³/mol. The number of methoxy groups -OCH3 is 1. The molecular formula is C17H23NO3. The molecule has 0 aliphatic heterocycles. The van der Waals surface area contributed by atoms with Crippen LogP contribution in [0.4, 0.5) is 5.69 Å². The van der Waals surface area contributed by atoms with Gasteiger partial charge in [0, 0.05) is 19.2 Å². The summed E-state index contributed by atoms with van der Waals surface area (Å²) in [4.78, 5) is 12.6. The van der Waals surface area contributed by atoms with Crippen LogP contribution in [-0.2, 0) is 19.7 Å². The lowest BCUT2D eigenvalue weighted by Crippen LogP contribution is -2.33. The molecule has 2 aliphatic carbocycles. The van der Waals surface area contributed by atoms with Crippen LogP contribution in [0.2, 0.25) is 0 Å². The quantitative estimate of drug-likeness (QED) is 0.684. The van der Waals surface area contributed by atoms with Gasteiger partial charge in [-0.2, -0.15) is 0 Å². The molecule has 2 N–H and O–H groups in total. The maximum absolute atomic E-state index is 12.6. The van der Waals surface area contributed by atoms with E-state index in [1.165, 1.54) is 0 Å². The van der Waals surface area contributed by atoms with Gasteiger partial charge >= 0.3 is 5.97 Å². The molecule has 0 spiro atoms. The van der Waals surface area contributed by atoms with Crippen molar-refractivity contribution in [3.8, 4) is 0 Å². The van der Waals surface area contributed by atoms with Crippen molar-refractivity contribution in [2.75, 3.05) is 12.8 Å².